The summed E-state index contributed by atoms with van der Waals surface area (Å²) in [5.74, 6) is 0.0477. The van der Waals surface area contributed by atoms with Crippen molar-refractivity contribution in [3.8, 4) is 0 Å². The Morgan fingerprint density at radius 1 is 1.33 bits per heavy atom. The van der Waals surface area contributed by atoms with E-state index in [1.807, 2.05) is 36.5 Å². The number of benzene rings is 1. The van der Waals surface area contributed by atoms with Crippen LogP contribution < -0.4 is 0 Å². The van der Waals surface area contributed by atoms with Crippen LogP contribution in [0.2, 0.25) is 5.02 Å². The molecule has 0 aliphatic rings. The van der Waals surface area contributed by atoms with Crippen molar-refractivity contribution in [1.82, 2.24) is 9.55 Å². The van der Waals surface area contributed by atoms with Gasteiger partial charge in [-0.05, 0) is 24.1 Å². The molecular formula is C19H21ClN2O2. The summed E-state index contributed by atoms with van der Waals surface area (Å²) in [6.07, 6.45) is 11.1. The van der Waals surface area contributed by atoms with E-state index in [2.05, 4.69) is 16.5 Å². The third-order valence-electron chi connectivity index (χ3n) is 3.63. The largest absolute Gasteiger partial charge is 0.478 e. The Morgan fingerprint density at radius 2 is 2.12 bits per heavy atom. The third-order valence-corrected chi connectivity index (χ3v) is 3.99. The standard InChI is InChI=1S/C19H21ClN2O2/c1-2-3-11-18-21-13-16(9-5-7-12-19(23)24)22(18)14-15-8-4-6-10-17(15)20/h4-10,12-13H,2-3,11,14H2,1H3,(H,23,24)/b9-5+,12-7+. The number of aliphatic carboxylic acids is 1. The molecule has 1 N–H and O–H groups in total. The zero-order valence-electron chi connectivity index (χ0n) is 13.7. The van der Waals surface area contributed by atoms with Crippen LogP contribution in [0.25, 0.3) is 6.08 Å². The van der Waals surface area contributed by atoms with Crippen LogP contribution in [0.3, 0.4) is 0 Å². The van der Waals surface area contributed by atoms with E-state index in [1.165, 1.54) is 6.08 Å². The minimum Gasteiger partial charge on any atom is -0.478 e. The first kappa shape index (κ1) is 18.0. The van der Waals surface area contributed by atoms with E-state index >= 15 is 0 Å². The SMILES string of the molecule is CCCCc1ncc(/C=C/C=C/C(=O)O)n1Cc1ccccc1Cl. The Labute approximate surface area is 147 Å². The zero-order chi connectivity index (χ0) is 17.4. The molecule has 24 heavy (non-hydrogen) atoms. The van der Waals surface area contributed by atoms with E-state index in [9.17, 15) is 4.79 Å². The van der Waals surface area contributed by atoms with Gasteiger partial charge < -0.3 is 9.67 Å². The molecule has 0 saturated carbocycles. The van der Waals surface area contributed by atoms with Gasteiger partial charge in [-0.2, -0.15) is 0 Å². The van der Waals surface area contributed by atoms with Gasteiger partial charge in [0.15, 0.2) is 0 Å². The van der Waals surface area contributed by atoms with E-state index in [1.54, 1.807) is 6.08 Å². The highest BCUT2D eigenvalue weighted by molar-refractivity contribution is 6.31. The Balaban J connectivity index is 2.28. The molecule has 0 aliphatic carbocycles. The second kappa shape index (κ2) is 9.08. The lowest BCUT2D eigenvalue weighted by Gasteiger charge is -2.11. The lowest BCUT2D eigenvalue weighted by Crippen LogP contribution is -2.07. The first-order valence-corrected chi connectivity index (χ1v) is 8.35. The quantitative estimate of drug-likeness (QED) is 0.563. The Kier molecular flexibility index (Phi) is 6.82. The molecule has 4 nitrogen and oxygen atoms in total. The van der Waals surface area contributed by atoms with E-state index in [0.717, 1.165) is 47.4 Å². The topological polar surface area (TPSA) is 55.1 Å². The summed E-state index contributed by atoms with van der Waals surface area (Å²) < 4.78 is 2.13. The lowest BCUT2D eigenvalue weighted by atomic mass is 10.2. The molecule has 0 amide bonds. The number of aryl methyl sites for hydroxylation is 1. The van der Waals surface area contributed by atoms with Gasteiger partial charge in [-0.15, -0.1) is 0 Å². The number of carbonyl (C=O) groups is 1. The normalized spacial score (nSPS) is 11.6. The van der Waals surface area contributed by atoms with E-state index in [0.29, 0.717) is 6.54 Å². The molecule has 0 unspecified atom stereocenters. The number of rotatable bonds is 8. The number of nitrogens with zero attached hydrogens (tertiary/aromatic N) is 2. The highest BCUT2D eigenvalue weighted by Crippen LogP contribution is 2.19. The third kappa shape index (κ3) is 5.10. The minimum atomic E-state index is -0.965. The second-order valence-corrected chi connectivity index (χ2v) is 5.84. The van der Waals surface area contributed by atoms with Crippen molar-refractivity contribution in [2.75, 3.05) is 0 Å². The zero-order valence-corrected chi connectivity index (χ0v) is 14.4. The average molecular weight is 345 g/mol. The minimum absolute atomic E-state index is 0.640. The fourth-order valence-electron chi connectivity index (χ4n) is 2.37. The van der Waals surface area contributed by atoms with Crippen LogP contribution >= 0.6 is 11.6 Å². The predicted molar refractivity (Wildman–Crippen MR) is 97.2 cm³/mol. The molecule has 0 spiro atoms. The molecule has 5 heteroatoms. The van der Waals surface area contributed by atoms with Crippen molar-refractivity contribution in [2.45, 2.75) is 32.7 Å². The summed E-state index contributed by atoms with van der Waals surface area (Å²) in [5, 5.41) is 9.37. The van der Waals surface area contributed by atoms with Crippen molar-refractivity contribution in [3.05, 3.63) is 70.8 Å². The summed E-state index contributed by atoms with van der Waals surface area (Å²) in [7, 11) is 0. The molecule has 0 radical (unpaired) electrons. The van der Waals surface area contributed by atoms with Crippen LogP contribution in [0.4, 0.5) is 0 Å². The van der Waals surface area contributed by atoms with Gasteiger partial charge in [-0.3, -0.25) is 0 Å². The Bertz CT molecular complexity index is 748. The smallest absolute Gasteiger partial charge is 0.328 e. The molecule has 2 rings (SSSR count). The van der Waals surface area contributed by atoms with Gasteiger partial charge in [0.25, 0.3) is 0 Å². The predicted octanol–water partition coefficient (Wildman–Crippen LogP) is 4.58. The van der Waals surface area contributed by atoms with Crippen LogP contribution in [0.5, 0.6) is 0 Å². The van der Waals surface area contributed by atoms with Gasteiger partial charge in [-0.1, -0.05) is 55.3 Å². The van der Waals surface area contributed by atoms with Gasteiger partial charge in [0.05, 0.1) is 18.4 Å². The molecular weight excluding hydrogens is 324 g/mol. The van der Waals surface area contributed by atoms with Crippen LogP contribution in [0.15, 0.2) is 48.7 Å². The maximum absolute atomic E-state index is 10.5. The maximum Gasteiger partial charge on any atom is 0.328 e. The van der Waals surface area contributed by atoms with Crippen LogP contribution in [0, 0.1) is 0 Å². The van der Waals surface area contributed by atoms with Gasteiger partial charge in [0.1, 0.15) is 5.82 Å². The lowest BCUT2D eigenvalue weighted by molar-refractivity contribution is -0.131. The van der Waals surface area contributed by atoms with E-state index in [-0.39, 0.29) is 0 Å². The summed E-state index contributed by atoms with van der Waals surface area (Å²) in [5.41, 5.74) is 1.96. The summed E-state index contributed by atoms with van der Waals surface area (Å²) in [6, 6.07) is 7.76. The fraction of sp³-hybridized carbons (Fsp3) is 0.263. The summed E-state index contributed by atoms with van der Waals surface area (Å²) >= 11 is 6.28. The molecule has 0 atom stereocenters. The molecule has 126 valence electrons. The molecule has 0 saturated heterocycles. The highest BCUT2D eigenvalue weighted by Gasteiger charge is 2.10. The molecule has 0 aliphatic heterocycles. The monoisotopic (exact) mass is 344 g/mol. The molecule has 1 aromatic carbocycles. The Morgan fingerprint density at radius 3 is 2.83 bits per heavy atom. The fourth-order valence-corrected chi connectivity index (χ4v) is 2.56. The Hall–Kier alpha value is -2.33. The number of unbranched alkanes of at least 4 members (excludes halogenated alkanes) is 1. The number of carboxylic acids is 1. The summed E-state index contributed by atoms with van der Waals surface area (Å²) in [4.78, 5) is 15.0. The average Bonchev–Trinajstić information content (AvgIpc) is 2.93. The van der Waals surface area contributed by atoms with Crippen molar-refractivity contribution in [2.24, 2.45) is 0 Å². The van der Waals surface area contributed by atoms with E-state index in [4.69, 9.17) is 16.7 Å². The van der Waals surface area contributed by atoms with Crippen molar-refractivity contribution in [1.29, 1.82) is 0 Å². The van der Waals surface area contributed by atoms with Crippen molar-refractivity contribution in [3.63, 3.8) is 0 Å². The first-order valence-electron chi connectivity index (χ1n) is 7.97. The number of allylic oxidation sites excluding steroid dienone is 2. The number of hydrogen-bond donors (Lipinski definition) is 1. The number of imidazole rings is 1. The molecule has 0 fully saturated rings. The highest BCUT2D eigenvalue weighted by atomic mass is 35.5. The number of aromatic nitrogens is 2. The van der Waals surface area contributed by atoms with Gasteiger partial charge in [0.2, 0.25) is 0 Å². The maximum atomic E-state index is 10.5. The number of hydrogen-bond acceptors (Lipinski definition) is 2. The van der Waals surface area contributed by atoms with Crippen molar-refractivity contribution < 1.29 is 9.90 Å². The number of halogens is 1. The van der Waals surface area contributed by atoms with Gasteiger partial charge >= 0.3 is 5.97 Å². The molecule has 1 aromatic heterocycles. The first-order chi connectivity index (χ1) is 11.6. The van der Waals surface area contributed by atoms with Crippen LogP contribution in [-0.4, -0.2) is 20.6 Å². The molecule has 0 bridgehead atoms. The second-order valence-electron chi connectivity index (χ2n) is 5.44. The van der Waals surface area contributed by atoms with Gasteiger partial charge in [-0.25, -0.2) is 9.78 Å². The van der Waals surface area contributed by atoms with Crippen molar-refractivity contribution >= 4 is 23.6 Å². The van der Waals surface area contributed by atoms with Crippen LogP contribution in [-0.2, 0) is 17.8 Å². The summed E-state index contributed by atoms with van der Waals surface area (Å²) in [6.45, 7) is 2.79. The molecule has 2 aromatic rings. The molecule has 1 heterocycles. The van der Waals surface area contributed by atoms with E-state index < -0.39 is 5.97 Å². The van der Waals surface area contributed by atoms with Gasteiger partial charge in [0, 0.05) is 17.5 Å². The van der Waals surface area contributed by atoms with Crippen LogP contribution in [0.1, 0.15) is 36.8 Å². The number of carboxylic acid groups (broad SMARTS) is 1.